The van der Waals surface area contributed by atoms with Crippen LogP contribution in [0, 0.1) is 5.82 Å². The molecule has 0 aromatic heterocycles. The molecule has 0 aliphatic rings. The van der Waals surface area contributed by atoms with E-state index >= 15 is 0 Å². The number of halogens is 1. The van der Waals surface area contributed by atoms with Crippen molar-refractivity contribution in [3.05, 3.63) is 29.6 Å². The number of rotatable bonds is 4. The van der Waals surface area contributed by atoms with Gasteiger partial charge in [0, 0.05) is 25.7 Å². The van der Waals surface area contributed by atoms with Gasteiger partial charge in [0.15, 0.2) is 6.61 Å². The van der Waals surface area contributed by atoms with Crippen LogP contribution in [0.15, 0.2) is 23.4 Å². The van der Waals surface area contributed by atoms with E-state index in [9.17, 15) is 9.18 Å². The summed E-state index contributed by atoms with van der Waals surface area (Å²) in [7, 11) is 3.19. The molecular weight excluding hydrogens is 239 g/mol. The minimum absolute atomic E-state index is 0.167. The summed E-state index contributed by atoms with van der Waals surface area (Å²) in [6, 6.07) is 3.80. The smallest absolute Gasteiger partial charge is 0.259 e. The van der Waals surface area contributed by atoms with Gasteiger partial charge in [0.25, 0.3) is 5.91 Å². The number of oxime groups is 1. The third-order valence-electron chi connectivity index (χ3n) is 2.33. The van der Waals surface area contributed by atoms with E-state index in [0.29, 0.717) is 5.56 Å². The van der Waals surface area contributed by atoms with Gasteiger partial charge in [0.1, 0.15) is 11.6 Å². The molecule has 0 atom stereocenters. The Kier molecular flexibility index (Phi) is 4.65. The summed E-state index contributed by atoms with van der Waals surface area (Å²) in [6.45, 7) is 1.34. The number of hydrogen-bond acceptors (Lipinski definition) is 4. The van der Waals surface area contributed by atoms with Crippen molar-refractivity contribution in [2.75, 3.05) is 20.7 Å². The van der Waals surface area contributed by atoms with Gasteiger partial charge in [0.2, 0.25) is 0 Å². The molecule has 1 N–H and O–H groups in total. The number of nitrogens with zero attached hydrogens (tertiary/aromatic N) is 2. The Morgan fingerprint density at radius 2 is 2.17 bits per heavy atom. The molecule has 0 unspecified atom stereocenters. The number of hydrogen-bond donors (Lipinski definition) is 1. The summed E-state index contributed by atoms with van der Waals surface area (Å²) >= 11 is 0. The van der Waals surface area contributed by atoms with Crippen LogP contribution < -0.4 is 4.74 Å². The van der Waals surface area contributed by atoms with Gasteiger partial charge < -0.3 is 14.8 Å². The molecule has 0 aliphatic heterocycles. The predicted molar refractivity (Wildman–Crippen MR) is 64.6 cm³/mol. The van der Waals surface area contributed by atoms with Crippen LogP contribution in [0.2, 0.25) is 0 Å². The van der Waals surface area contributed by atoms with Gasteiger partial charge in [-0.25, -0.2) is 4.39 Å². The average molecular weight is 254 g/mol. The highest BCUT2D eigenvalue weighted by molar-refractivity contribution is 6.00. The number of benzene rings is 1. The Morgan fingerprint density at radius 1 is 1.50 bits per heavy atom. The first kappa shape index (κ1) is 14.0. The van der Waals surface area contributed by atoms with Crippen molar-refractivity contribution in [3.63, 3.8) is 0 Å². The van der Waals surface area contributed by atoms with Gasteiger partial charge in [-0.05, 0) is 19.1 Å². The van der Waals surface area contributed by atoms with Crippen molar-refractivity contribution in [1.82, 2.24) is 4.90 Å². The van der Waals surface area contributed by atoms with Crippen molar-refractivity contribution in [2.45, 2.75) is 6.92 Å². The fraction of sp³-hybridized carbons (Fsp3) is 0.333. The average Bonchev–Trinajstić information content (AvgIpc) is 2.34. The number of ether oxygens (including phenoxy) is 1. The van der Waals surface area contributed by atoms with Crippen molar-refractivity contribution in [2.24, 2.45) is 5.16 Å². The standard InChI is InChI=1S/C12H15FN2O3/c1-8(14-17)10-5-4-9(13)6-11(10)18-7-12(16)15(2)3/h4-6,17H,7H2,1-3H3. The summed E-state index contributed by atoms with van der Waals surface area (Å²) in [5.41, 5.74) is 0.716. The quantitative estimate of drug-likeness (QED) is 0.503. The van der Waals surface area contributed by atoms with Crippen LogP contribution in [0.5, 0.6) is 5.75 Å². The normalized spacial score (nSPS) is 11.2. The van der Waals surface area contributed by atoms with Gasteiger partial charge >= 0.3 is 0 Å². The molecule has 18 heavy (non-hydrogen) atoms. The van der Waals surface area contributed by atoms with Gasteiger partial charge in [-0.1, -0.05) is 5.16 Å². The maximum atomic E-state index is 13.1. The van der Waals surface area contributed by atoms with E-state index in [0.717, 1.165) is 6.07 Å². The lowest BCUT2D eigenvalue weighted by atomic mass is 10.1. The van der Waals surface area contributed by atoms with Gasteiger partial charge in [0.05, 0.1) is 5.71 Å². The molecule has 98 valence electrons. The molecule has 0 bridgehead atoms. The van der Waals surface area contributed by atoms with E-state index in [-0.39, 0.29) is 24.0 Å². The number of amides is 1. The lowest BCUT2D eigenvalue weighted by molar-refractivity contribution is -0.130. The predicted octanol–water partition coefficient (Wildman–Crippen LogP) is 1.49. The molecule has 1 aromatic rings. The van der Waals surface area contributed by atoms with E-state index in [1.807, 2.05) is 0 Å². The van der Waals surface area contributed by atoms with E-state index in [1.54, 1.807) is 21.0 Å². The molecule has 0 radical (unpaired) electrons. The highest BCUT2D eigenvalue weighted by Crippen LogP contribution is 2.21. The summed E-state index contributed by atoms with van der Waals surface area (Å²) in [6.07, 6.45) is 0. The van der Waals surface area contributed by atoms with Gasteiger partial charge in [-0.3, -0.25) is 4.79 Å². The van der Waals surface area contributed by atoms with Crippen LogP contribution in [0.3, 0.4) is 0 Å². The lowest BCUT2D eigenvalue weighted by Crippen LogP contribution is -2.27. The first-order valence-electron chi connectivity index (χ1n) is 5.27. The molecular formula is C12H15FN2O3. The first-order valence-corrected chi connectivity index (χ1v) is 5.27. The van der Waals surface area contributed by atoms with Crippen LogP contribution in [0.4, 0.5) is 4.39 Å². The Hall–Kier alpha value is -2.11. The minimum atomic E-state index is -0.489. The second kappa shape index (κ2) is 6.00. The zero-order valence-electron chi connectivity index (χ0n) is 10.5. The molecule has 5 nitrogen and oxygen atoms in total. The van der Waals surface area contributed by atoms with Crippen molar-refractivity contribution >= 4 is 11.6 Å². The Morgan fingerprint density at radius 3 is 2.72 bits per heavy atom. The molecule has 0 heterocycles. The van der Waals surface area contributed by atoms with Crippen LogP contribution in [0.1, 0.15) is 12.5 Å². The molecule has 1 aromatic carbocycles. The highest BCUT2D eigenvalue weighted by atomic mass is 19.1. The summed E-state index contributed by atoms with van der Waals surface area (Å²) < 4.78 is 18.4. The van der Waals surface area contributed by atoms with E-state index < -0.39 is 5.82 Å². The second-order valence-corrected chi connectivity index (χ2v) is 3.90. The molecule has 0 saturated heterocycles. The van der Waals surface area contributed by atoms with E-state index in [4.69, 9.17) is 9.94 Å². The molecule has 6 heteroatoms. The molecule has 0 spiro atoms. The Balaban J connectivity index is 2.93. The van der Waals surface area contributed by atoms with Crippen molar-refractivity contribution in [3.8, 4) is 5.75 Å². The largest absolute Gasteiger partial charge is 0.483 e. The molecule has 1 amide bonds. The highest BCUT2D eigenvalue weighted by Gasteiger charge is 2.11. The molecule has 0 saturated carbocycles. The number of likely N-dealkylation sites (N-methyl/N-ethyl adjacent to an activating group) is 1. The van der Waals surface area contributed by atoms with Gasteiger partial charge in [-0.2, -0.15) is 0 Å². The summed E-state index contributed by atoms with van der Waals surface area (Å²) in [5, 5.41) is 11.7. The minimum Gasteiger partial charge on any atom is -0.483 e. The zero-order valence-corrected chi connectivity index (χ0v) is 10.5. The monoisotopic (exact) mass is 254 g/mol. The number of carbonyl (C=O) groups is 1. The summed E-state index contributed by atoms with van der Waals surface area (Å²) in [5.74, 6) is -0.568. The van der Waals surface area contributed by atoms with Crippen molar-refractivity contribution in [1.29, 1.82) is 0 Å². The fourth-order valence-electron chi connectivity index (χ4n) is 1.24. The third-order valence-corrected chi connectivity index (χ3v) is 2.33. The van der Waals surface area contributed by atoms with Crippen LogP contribution >= 0.6 is 0 Å². The zero-order chi connectivity index (χ0) is 13.7. The topological polar surface area (TPSA) is 62.1 Å². The Bertz CT molecular complexity index is 472. The fourth-order valence-corrected chi connectivity index (χ4v) is 1.24. The summed E-state index contributed by atoms with van der Waals surface area (Å²) in [4.78, 5) is 12.7. The van der Waals surface area contributed by atoms with Crippen LogP contribution in [-0.2, 0) is 4.79 Å². The molecule has 0 fully saturated rings. The van der Waals surface area contributed by atoms with Crippen molar-refractivity contribution < 1.29 is 19.1 Å². The SMILES string of the molecule is CC(=NO)c1ccc(F)cc1OCC(=O)N(C)C. The van der Waals surface area contributed by atoms with Crippen LogP contribution in [0.25, 0.3) is 0 Å². The number of carbonyl (C=O) groups excluding carboxylic acids is 1. The van der Waals surface area contributed by atoms with E-state index in [2.05, 4.69) is 5.16 Å². The lowest BCUT2D eigenvalue weighted by Gasteiger charge is -2.13. The second-order valence-electron chi connectivity index (χ2n) is 3.90. The maximum Gasteiger partial charge on any atom is 0.259 e. The maximum absolute atomic E-state index is 13.1. The molecule has 0 aliphatic carbocycles. The van der Waals surface area contributed by atoms with E-state index in [1.165, 1.54) is 17.0 Å². The van der Waals surface area contributed by atoms with Gasteiger partial charge in [-0.15, -0.1) is 0 Å². The third kappa shape index (κ3) is 3.44. The first-order chi connectivity index (χ1) is 8.45. The van der Waals surface area contributed by atoms with Crippen LogP contribution in [-0.4, -0.2) is 42.4 Å². The molecule has 1 rings (SSSR count). The Labute approximate surface area is 104 Å².